The molecular formula is C20H22N4O4. The number of rotatable bonds is 4. The summed E-state index contributed by atoms with van der Waals surface area (Å²) in [5.41, 5.74) is 0.504. The van der Waals surface area contributed by atoms with Crippen LogP contribution in [0, 0.1) is 5.92 Å². The Kier molecular flexibility index (Phi) is 4.95. The molecule has 8 heteroatoms. The molecule has 1 atom stereocenters. The molecule has 2 amide bonds. The van der Waals surface area contributed by atoms with Crippen molar-refractivity contribution in [3.05, 3.63) is 54.1 Å². The van der Waals surface area contributed by atoms with E-state index >= 15 is 0 Å². The van der Waals surface area contributed by atoms with E-state index in [9.17, 15) is 14.7 Å². The van der Waals surface area contributed by atoms with Crippen LogP contribution in [0.1, 0.15) is 33.7 Å². The molecule has 2 aromatic rings. The van der Waals surface area contributed by atoms with Crippen LogP contribution in [-0.4, -0.2) is 63.6 Å². The van der Waals surface area contributed by atoms with Gasteiger partial charge in [0.25, 0.3) is 11.8 Å². The van der Waals surface area contributed by atoms with Gasteiger partial charge in [-0.3, -0.25) is 14.6 Å². The van der Waals surface area contributed by atoms with Gasteiger partial charge in [0.15, 0.2) is 0 Å². The molecule has 2 saturated heterocycles. The fourth-order valence-electron chi connectivity index (χ4n) is 3.69. The van der Waals surface area contributed by atoms with E-state index in [1.165, 1.54) is 24.7 Å². The predicted molar refractivity (Wildman–Crippen MR) is 99.8 cm³/mol. The second-order valence-corrected chi connectivity index (χ2v) is 7.41. The SMILES string of the molecule is O=C(NC[C@@H]1CCC2(CN(C(=O)c3cccc(O)c3)C2)OC1)c1cnccn1. The molecule has 2 aliphatic rings. The Hall–Kier alpha value is -3.00. The molecule has 146 valence electrons. The maximum atomic E-state index is 12.5. The predicted octanol–water partition coefficient (Wildman–Crippen LogP) is 1.23. The number of likely N-dealkylation sites (tertiary alicyclic amines) is 1. The monoisotopic (exact) mass is 382 g/mol. The minimum absolute atomic E-state index is 0.0846. The highest BCUT2D eigenvalue weighted by molar-refractivity contribution is 5.95. The number of carbonyl (C=O) groups is 2. The van der Waals surface area contributed by atoms with Crippen LogP contribution in [0.15, 0.2) is 42.9 Å². The summed E-state index contributed by atoms with van der Waals surface area (Å²) in [6, 6.07) is 6.38. The van der Waals surface area contributed by atoms with Crippen LogP contribution < -0.4 is 5.32 Å². The molecule has 0 unspecified atom stereocenters. The van der Waals surface area contributed by atoms with Crippen LogP contribution >= 0.6 is 0 Å². The maximum Gasteiger partial charge on any atom is 0.271 e. The lowest BCUT2D eigenvalue weighted by Gasteiger charge is -2.52. The lowest BCUT2D eigenvalue weighted by atomic mass is 9.82. The van der Waals surface area contributed by atoms with Crippen molar-refractivity contribution in [1.82, 2.24) is 20.2 Å². The van der Waals surface area contributed by atoms with Gasteiger partial charge in [-0.2, -0.15) is 0 Å². The van der Waals surface area contributed by atoms with Crippen molar-refractivity contribution in [2.45, 2.75) is 18.4 Å². The molecule has 2 aliphatic heterocycles. The molecule has 4 rings (SSSR count). The van der Waals surface area contributed by atoms with Crippen molar-refractivity contribution in [1.29, 1.82) is 0 Å². The number of aromatic hydroxyl groups is 1. The number of nitrogens with zero attached hydrogens (tertiary/aromatic N) is 3. The number of nitrogens with one attached hydrogen (secondary N) is 1. The van der Waals surface area contributed by atoms with Gasteiger partial charge in [-0.1, -0.05) is 6.07 Å². The fraction of sp³-hybridized carbons (Fsp3) is 0.400. The topological polar surface area (TPSA) is 105 Å². The van der Waals surface area contributed by atoms with Crippen LogP contribution in [0.5, 0.6) is 5.75 Å². The summed E-state index contributed by atoms with van der Waals surface area (Å²) in [5.74, 6) is -0.00755. The first-order chi connectivity index (χ1) is 13.5. The third-order valence-electron chi connectivity index (χ3n) is 5.32. The summed E-state index contributed by atoms with van der Waals surface area (Å²) in [6.07, 6.45) is 6.23. The van der Waals surface area contributed by atoms with E-state index < -0.39 is 0 Å². The van der Waals surface area contributed by atoms with Gasteiger partial charge in [-0.15, -0.1) is 0 Å². The van der Waals surface area contributed by atoms with E-state index in [4.69, 9.17) is 4.74 Å². The van der Waals surface area contributed by atoms with Gasteiger partial charge in [-0.25, -0.2) is 4.98 Å². The van der Waals surface area contributed by atoms with Gasteiger partial charge in [0, 0.05) is 24.5 Å². The summed E-state index contributed by atoms with van der Waals surface area (Å²) in [6.45, 7) is 2.19. The molecule has 28 heavy (non-hydrogen) atoms. The zero-order chi connectivity index (χ0) is 19.6. The van der Waals surface area contributed by atoms with Crippen LogP contribution in [0.4, 0.5) is 0 Å². The van der Waals surface area contributed by atoms with Crippen molar-refractivity contribution in [2.24, 2.45) is 5.92 Å². The highest BCUT2D eigenvalue weighted by Gasteiger charge is 2.48. The van der Waals surface area contributed by atoms with Gasteiger partial charge in [0.2, 0.25) is 0 Å². The highest BCUT2D eigenvalue weighted by atomic mass is 16.5. The summed E-state index contributed by atoms with van der Waals surface area (Å²) >= 11 is 0. The average Bonchev–Trinajstić information content (AvgIpc) is 2.71. The quantitative estimate of drug-likeness (QED) is 0.824. The molecule has 0 aliphatic carbocycles. The van der Waals surface area contributed by atoms with Crippen molar-refractivity contribution >= 4 is 11.8 Å². The van der Waals surface area contributed by atoms with Gasteiger partial charge < -0.3 is 20.1 Å². The molecule has 1 aromatic carbocycles. The first-order valence-corrected chi connectivity index (χ1v) is 9.31. The molecular weight excluding hydrogens is 360 g/mol. The molecule has 0 bridgehead atoms. The summed E-state index contributed by atoms with van der Waals surface area (Å²) in [5, 5.41) is 12.4. The van der Waals surface area contributed by atoms with E-state index in [1.54, 1.807) is 23.1 Å². The lowest BCUT2D eigenvalue weighted by Crippen LogP contribution is -2.66. The standard InChI is InChI=1S/C20H22N4O4/c25-16-3-1-2-15(8-16)19(27)24-12-20(13-24)5-4-14(11-28-20)9-23-18(26)17-10-21-6-7-22-17/h1-3,6-8,10,14,25H,4-5,9,11-13H2,(H,23,26)/t14-/m0/s1. The highest BCUT2D eigenvalue weighted by Crippen LogP contribution is 2.36. The van der Waals surface area contributed by atoms with Crippen LogP contribution in [-0.2, 0) is 4.74 Å². The Labute approximate surface area is 162 Å². The van der Waals surface area contributed by atoms with Crippen LogP contribution in [0.25, 0.3) is 0 Å². The Balaban J connectivity index is 1.23. The molecule has 3 heterocycles. The third kappa shape index (κ3) is 3.82. The fourth-order valence-corrected chi connectivity index (χ4v) is 3.69. The second kappa shape index (κ2) is 7.55. The lowest BCUT2D eigenvalue weighted by molar-refractivity contribution is -0.166. The molecule has 2 N–H and O–H groups in total. The summed E-state index contributed by atoms with van der Waals surface area (Å²) in [4.78, 5) is 34.1. The molecule has 1 aromatic heterocycles. The molecule has 1 spiro atoms. The zero-order valence-corrected chi connectivity index (χ0v) is 15.4. The number of hydrogen-bond donors (Lipinski definition) is 2. The molecule has 2 fully saturated rings. The Morgan fingerprint density at radius 1 is 1.32 bits per heavy atom. The molecule has 8 nitrogen and oxygen atoms in total. The van der Waals surface area contributed by atoms with E-state index in [0.29, 0.717) is 37.5 Å². The number of hydrogen-bond acceptors (Lipinski definition) is 6. The third-order valence-corrected chi connectivity index (χ3v) is 5.32. The number of aromatic nitrogens is 2. The van der Waals surface area contributed by atoms with Crippen LogP contribution in [0.2, 0.25) is 0 Å². The Bertz CT molecular complexity index is 858. The van der Waals surface area contributed by atoms with Crippen molar-refractivity contribution in [3.63, 3.8) is 0 Å². The van der Waals surface area contributed by atoms with Gasteiger partial charge >= 0.3 is 0 Å². The van der Waals surface area contributed by atoms with Crippen molar-refractivity contribution in [2.75, 3.05) is 26.2 Å². The Morgan fingerprint density at radius 3 is 2.86 bits per heavy atom. The number of carbonyl (C=O) groups excluding carboxylic acids is 2. The van der Waals surface area contributed by atoms with Crippen LogP contribution in [0.3, 0.4) is 0 Å². The largest absolute Gasteiger partial charge is 0.508 e. The first-order valence-electron chi connectivity index (χ1n) is 9.31. The summed E-state index contributed by atoms with van der Waals surface area (Å²) < 4.78 is 6.07. The smallest absolute Gasteiger partial charge is 0.271 e. The maximum absolute atomic E-state index is 12.5. The van der Waals surface area contributed by atoms with Gasteiger partial charge in [-0.05, 0) is 37.0 Å². The van der Waals surface area contributed by atoms with Crippen molar-refractivity contribution < 1.29 is 19.4 Å². The number of phenols is 1. The first kappa shape index (κ1) is 18.4. The van der Waals surface area contributed by atoms with E-state index in [-0.39, 0.29) is 29.1 Å². The number of amides is 2. The van der Waals surface area contributed by atoms with Gasteiger partial charge in [0.05, 0.1) is 25.9 Å². The minimum atomic E-state index is -0.280. The van der Waals surface area contributed by atoms with Crippen molar-refractivity contribution in [3.8, 4) is 5.75 Å². The second-order valence-electron chi connectivity index (χ2n) is 7.41. The number of ether oxygens (including phenoxy) is 1. The van der Waals surface area contributed by atoms with E-state index in [1.807, 2.05) is 0 Å². The zero-order valence-electron chi connectivity index (χ0n) is 15.4. The number of benzene rings is 1. The Morgan fingerprint density at radius 2 is 2.18 bits per heavy atom. The van der Waals surface area contributed by atoms with Gasteiger partial charge in [0.1, 0.15) is 17.0 Å². The van der Waals surface area contributed by atoms with E-state index in [2.05, 4.69) is 15.3 Å². The normalized spacial score (nSPS) is 20.4. The minimum Gasteiger partial charge on any atom is -0.508 e. The molecule has 0 saturated carbocycles. The van der Waals surface area contributed by atoms with E-state index in [0.717, 1.165) is 12.8 Å². The summed E-state index contributed by atoms with van der Waals surface area (Å²) in [7, 11) is 0. The molecule has 0 radical (unpaired) electrons. The average molecular weight is 382 g/mol. The number of phenolic OH excluding ortho intramolecular Hbond substituents is 1.